The lowest BCUT2D eigenvalue weighted by atomic mass is 10.1. The third-order valence-electron chi connectivity index (χ3n) is 6.27. The molecule has 0 spiro atoms. The Morgan fingerprint density at radius 3 is 2.08 bits per heavy atom. The number of amides is 1. The van der Waals surface area contributed by atoms with Crippen LogP contribution in [0.5, 0.6) is 0 Å². The Balaban J connectivity index is 0.00000456. The van der Waals surface area contributed by atoms with Crippen molar-refractivity contribution in [2.75, 3.05) is 44.2 Å². The maximum Gasteiger partial charge on any atom is 0.260 e. The van der Waals surface area contributed by atoms with Crippen LogP contribution in [0.15, 0.2) is 41.3 Å². The molecule has 0 N–H and O–H groups in total. The van der Waals surface area contributed by atoms with Crippen LogP contribution in [0.3, 0.4) is 0 Å². The minimum Gasteiger partial charge on any atom is -0.302 e. The largest absolute Gasteiger partial charge is 0.302 e. The number of benzene rings is 2. The molecule has 0 bridgehead atoms. The second kappa shape index (κ2) is 13.0. The van der Waals surface area contributed by atoms with E-state index in [0.29, 0.717) is 30.3 Å². The first-order valence-electron chi connectivity index (χ1n) is 12.2. The van der Waals surface area contributed by atoms with Crippen LogP contribution in [0.1, 0.15) is 49.2 Å². The van der Waals surface area contributed by atoms with E-state index < -0.39 is 10.0 Å². The Labute approximate surface area is 225 Å². The average Bonchev–Trinajstić information content (AvgIpc) is 3.26. The lowest BCUT2D eigenvalue weighted by Crippen LogP contribution is -2.39. The summed E-state index contributed by atoms with van der Waals surface area (Å²) in [6.07, 6.45) is 0. The molecule has 1 amide bonds. The van der Waals surface area contributed by atoms with Crippen LogP contribution < -0.4 is 4.90 Å². The van der Waals surface area contributed by atoms with Crippen molar-refractivity contribution in [2.45, 2.75) is 46.4 Å². The molecule has 3 rings (SSSR count). The molecule has 0 saturated carbocycles. The number of likely N-dealkylation sites (N-methyl/N-ethyl adjacent to an activating group) is 1. The van der Waals surface area contributed by atoms with Gasteiger partial charge < -0.3 is 4.90 Å². The number of carbonyl (C=O) groups excluding carboxylic acids is 1. The van der Waals surface area contributed by atoms with E-state index in [1.807, 2.05) is 20.8 Å². The highest BCUT2D eigenvalue weighted by Gasteiger charge is 2.25. The lowest BCUT2D eigenvalue weighted by Gasteiger charge is -2.25. The third kappa shape index (κ3) is 6.44. The Morgan fingerprint density at radius 2 is 1.53 bits per heavy atom. The number of aryl methyl sites for hydroxylation is 2. The van der Waals surface area contributed by atoms with E-state index in [1.54, 1.807) is 17.0 Å². The maximum atomic E-state index is 13.7. The van der Waals surface area contributed by atoms with Gasteiger partial charge in [-0.25, -0.2) is 13.4 Å². The number of hydrogen-bond donors (Lipinski definition) is 0. The quantitative estimate of drug-likeness (QED) is 0.320. The van der Waals surface area contributed by atoms with Crippen LogP contribution in [0.4, 0.5) is 5.13 Å². The molecule has 0 aliphatic heterocycles. The summed E-state index contributed by atoms with van der Waals surface area (Å²) in [7, 11) is -3.58. The molecule has 2 aromatic carbocycles. The predicted octanol–water partition coefficient (Wildman–Crippen LogP) is 5.35. The van der Waals surface area contributed by atoms with Crippen LogP contribution in [-0.2, 0) is 10.0 Å². The Bertz CT molecular complexity index is 1270. The molecule has 7 nitrogen and oxygen atoms in total. The van der Waals surface area contributed by atoms with Gasteiger partial charge in [-0.3, -0.25) is 9.69 Å². The molecular weight excluding hydrogens is 516 g/mol. The molecular formula is C26H37ClN4O3S2. The number of fused-ring (bicyclic) bond motifs is 1. The molecule has 1 heterocycles. The van der Waals surface area contributed by atoms with Gasteiger partial charge >= 0.3 is 0 Å². The van der Waals surface area contributed by atoms with E-state index in [2.05, 4.69) is 37.8 Å². The first-order valence-corrected chi connectivity index (χ1v) is 14.4. The number of nitrogens with zero attached hydrogens (tertiary/aromatic N) is 4. The number of carbonyl (C=O) groups is 1. The molecule has 198 valence electrons. The van der Waals surface area contributed by atoms with Crippen LogP contribution in [0.25, 0.3) is 10.2 Å². The Morgan fingerprint density at radius 1 is 0.917 bits per heavy atom. The van der Waals surface area contributed by atoms with Crippen molar-refractivity contribution < 1.29 is 13.2 Å². The van der Waals surface area contributed by atoms with Crippen molar-refractivity contribution in [1.29, 1.82) is 0 Å². The van der Waals surface area contributed by atoms with Gasteiger partial charge in [-0.1, -0.05) is 45.1 Å². The summed E-state index contributed by atoms with van der Waals surface area (Å²) < 4.78 is 28.2. The average molecular weight is 553 g/mol. The molecule has 36 heavy (non-hydrogen) atoms. The van der Waals surface area contributed by atoms with Gasteiger partial charge in [0.2, 0.25) is 10.0 Å². The van der Waals surface area contributed by atoms with E-state index >= 15 is 0 Å². The molecule has 0 fully saturated rings. The standard InChI is InChI=1S/C26H36N4O3S2.ClH/c1-7-28(8-2)15-16-30(26-27-24-20(6)17-19(5)18-23(24)34-26)25(31)21-11-13-22(14-12-21)35(32,33)29(9-3)10-4;/h11-14,17-18H,7-10,15-16H2,1-6H3;1H. The third-order valence-corrected chi connectivity index (χ3v) is 9.36. The summed E-state index contributed by atoms with van der Waals surface area (Å²) in [6, 6.07) is 10.5. The maximum absolute atomic E-state index is 13.7. The van der Waals surface area contributed by atoms with Crippen molar-refractivity contribution in [3.05, 3.63) is 53.1 Å². The number of rotatable bonds is 11. The predicted molar refractivity (Wildman–Crippen MR) is 152 cm³/mol. The van der Waals surface area contributed by atoms with Gasteiger partial charge in [0.1, 0.15) is 0 Å². The molecule has 1 aromatic heterocycles. The van der Waals surface area contributed by atoms with Gasteiger partial charge in [0.15, 0.2) is 5.13 Å². The molecule has 3 aromatic rings. The monoisotopic (exact) mass is 552 g/mol. The van der Waals surface area contributed by atoms with E-state index in [9.17, 15) is 13.2 Å². The Hall–Kier alpha value is -2.04. The first kappa shape index (κ1) is 30.2. The molecule has 0 aliphatic carbocycles. The van der Waals surface area contributed by atoms with E-state index in [-0.39, 0.29) is 23.2 Å². The summed E-state index contributed by atoms with van der Waals surface area (Å²) in [4.78, 5) is 22.7. The molecule has 0 atom stereocenters. The zero-order valence-corrected chi connectivity index (χ0v) is 24.4. The van der Waals surface area contributed by atoms with Crippen molar-refractivity contribution in [3.8, 4) is 0 Å². The van der Waals surface area contributed by atoms with E-state index in [1.165, 1.54) is 27.8 Å². The van der Waals surface area contributed by atoms with Gasteiger partial charge in [0.05, 0.1) is 15.1 Å². The van der Waals surface area contributed by atoms with E-state index in [0.717, 1.165) is 41.0 Å². The summed E-state index contributed by atoms with van der Waals surface area (Å²) in [5.74, 6) is -0.183. The number of anilines is 1. The number of hydrogen-bond acceptors (Lipinski definition) is 6. The number of sulfonamides is 1. The zero-order valence-electron chi connectivity index (χ0n) is 21.9. The smallest absolute Gasteiger partial charge is 0.260 e. The second-order valence-corrected chi connectivity index (χ2v) is 11.5. The van der Waals surface area contributed by atoms with Gasteiger partial charge in [-0.05, 0) is 68.4 Å². The number of halogens is 1. The molecule has 0 radical (unpaired) electrons. The minimum atomic E-state index is -3.58. The normalized spacial score (nSPS) is 11.8. The fourth-order valence-corrected chi connectivity index (χ4v) is 6.80. The van der Waals surface area contributed by atoms with Crippen LogP contribution in [0.2, 0.25) is 0 Å². The van der Waals surface area contributed by atoms with Gasteiger partial charge in [0, 0.05) is 31.7 Å². The van der Waals surface area contributed by atoms with Crippen molar-refractivity contribution in [3.63, 3.8) is 0 Å². The topological polar surface area (TPSA) is 73.8 Å². The van der Waals surface area contributed by atoms with Crippen LogP contribution in [0, 0.1) is 13.8 Å². The minimum absolute atomic E-state index is 0. The SMILES string of the molecule is CCN(CC)CCN(C(=O)c1ccc(S(=O)(=O)N(CC)CC)cc1)c1nc2c(C)cc(C)cc2s1.Cl. The number of thiazole rings is 1. The second-order valence-electron chi connectivity index (χ2n) is 8.52. The highest BCUT2D eigenvalue weighted by Crippen LogP contribution is 2.32. The fourth-order valence-electron chi connectivity index (χ4n) is 4.18. The summed E-state index contributed by atoms with van der Waals surface area (Å²) >= 11 is 1.51. The van der Waals surface area contributed by atoms with Crippen molar-refractivity contribution >= 4 is 55.0 Å². The Kier molecular flexibility index (Phi) is 10.9. The fraction of sp³-hybridized carbons (Fsp3) is 0.462. The van der Waals surface area contributed by atoms with Crippen LogP contribution in [-0.4, -0.2) is 67.8 Å². The lowest BCUT2D eigenvalue weighted by molar-refractivity contribution is 0.0983. The number of aromatic nitrogens is 1. The van der Waals surface area contributed by atoms with Gasteiger partial charge in [-0.15, -0.1) is 12.4 Å². The zero-order chi connectivity index (χ0) is 25.8. The first-order chi connectivity index (χ1) is 16.7. The van der Waals surface area contributed by atoms with Crippen LogP contribution >= 0.6 is 23.7 Å². The van der Waals surface area contributed by atoms with Crippen molar-refractivity contribution in [2.24, 2.45) is 0 Å². The van der Waals surface area contributed by atoms with Crippen molar-refractivity contribution in [1.82, 2.24) is 14.2 Å². The molecule has 10 heteroatoms. The molecule has 0 saturated heterocycles. The summed E-state index contributed by atoms with van der Waals surface area (Å²) in [6.45, 7) is 15.7. The van der Waals surface area contributed by atoms with E-state index in [4.69, 9.17) is 4.98 Å². The molecule has 0 aliphatic rings. The van der Waals surface area contributed by atoms with Gasteiger partial charge in [-0.2, -0.15) is 4.31 Å². The highest BCUT2D eigenvalue weighted by atomic mass is 35.5. The summed E-state index contributed by atoms with van der Waals surface area (Å²) in [5, 5.41) is 0.658. The summed E-state index contributed by atoms with van der Waals surface area (Å²) in [5.41, 5.74) is 3.60. The highest BCUT2D eigenvalue weighted by molar-refractivity contribution is 7.89. The van der Waals surface area contributed by atoms with Gasteiger partial charge in [0.25, 0.3) is 5.91 Å². The molecule has 0 unspecified atom stereocenters.